The minimum absolute atomic E-state index is 0.0468. The number of sulfone groups is 1. The first kappa shape index (κ1) is 15.3. The highest BCUT2D eigenvalue weighted by Crippen LogP contribution is 2.27. The fraction of sp³-hybridized carbons (Fsp3) is 0.500. The van der Waals surface area contributed by atoms with Crippen molar-refractivity contribution in [1.29, 1.82) is 0 Å². The van der Waals surface area contributed by atoms with Crippen molar-refractivity contribution in [2.24, 2.45) is 0 Å². The van der Waals surface area contributed by atoms with Crippen LogP contribution in [0.15, 0.2) is 29.2 Å². The number of rotatable bonds is 4. The summed E-state index contributed by atoms with van der Waals surface area (Å²) in [6.45, 7) is 0. The molecule has 1 aliphatic rings. The number of nitrogens with zero attached hydrogens (tertiary/aromatic N) is 1. The lowest BCUT2D eigenvalue weighted by Crippen LogP contribution is -2.38. The third-order valence-electron chi connectivity index (χ3n) is 3.54. The lowest BCUT2D eigenvalue weighted by atomic mass is 10.3. The van der Waals surface area contributed by atoms with E-state index in [1.54, 1.807) is 25.2 Å². The summed E-state index contributed by atoms with van der Waals surface area (Å²) in [6.07, 6.45) is 0.347. The predicted octanol–water partition coefficient (Wildman–Crippen LogP) is 0.536. The van der Waals surface area contributed by atoms with Gasteiger partial charge in [0.2, 0.25) is 10.0 Å². The van der Waals surface area contributed by atoms with E-state index in [0.717, 1.165) is 0 Å². The number of sulfonamides is 1. The Hall–Kier alpha value is -1.12. The van der Waals surface area contributed by atoms with Crippen LogP contribution in [0.5, 0.6) is 0 Å². The van der Waals surface area contributed by atoms with Gasteiger partial charge in [-0.25, -0.2) is 16.8 Å². The van der Waals surface area contributed by atoms with Crippen molar-refractivity contribution in [3.8, 4) is 0 Å². The first-order valence-electron chi connectivity index (χ1n) is 6.23. The Morgan fingerprint density at radius 1 is 1.30 bits per heavy atom. The molecular formula is C12H18N2O4S2. The highest BCUT2D eigenvalue weighted by atomic mass is 32.2. The molecule has 2 rings (SSSR count). The molecule has 0 saturated carbocycles. The Morgan fingerprint density at radius 2 is 1.95 bits per heavy atom. The van der Waals surface area contributed by atoms with Crippen LogP contribution in [0.25, 0.3) is 0 Å². The van der Waals surface area contributed by atoms with E-state index in [4.69, 9.17) is 0 Å². The van der Waals surface area contributed by atoms with E-state index in [9.17, 15) is 16.8 Å². The van der Waals surface area contributed by atoms with Crippen molar-refractivity contribution in [3.63, 3.8) is 0 Å². The molecule has 0 spiro atoms. The number of hydrogen-bond donors (Lipinski definition) is 1. The number of hydrogen-bond acceptors (Lipinski definition) is 5. The van der Waals surface area contributed by atoms with Gasteiger partial charge in [0.05, 0.1) is 17.2 Å². The predicted molar refractivity (Wildman–Crippen MR) is 78.0 cm³/mol. The molecule has 1 N–H and O–H groups in total. The quantitative estimate of drug-likeness (QED) is 0.876. The van der Waals surface area contributed by atoms with Crippen LogP contribution in [-0.4, -0.2) is 52.8 Å². The van der Waals surface area contributed by atoms with Crippen LogP contribution in [-0.2, 0) is 19.9 Å². The molecule has 0 aromatic heterocycles. The second kappa shape index (κ2) is 5.34. The maximum Gasteiger partial charge on any atom is 0.245 e. The molecule has 1 aliphatic heterocycles. The topological polar surface area (TPSA) is 83.6 Å². The van der Waals surface area contributed by atoms with Gasteiger partial charge in [-0.05, 0) is 18.6 Å². The van der Waals surface area contributed by atoms with Gasteiger partial charge in [-0.2, -0.15) is 4.31 Å². The van der Waals surface area contributed by atoms with Crippen molar-refractivity contribution in [2.45, 2.75) is 17.4 Å². The van der Waals surface area contributed by atoms with Gasteiger partial charge in [0.25, 0.3) is 0 Å². The summed E-state index contributed by atoms with van der Waals surface area (Å²) >= 11 is 0. The molecule has 1 atom stereocenters. The summed E-state index contributed by atoms with van der Waals surface area (Å²) in [5, 5.41) is 2.84. The van der Waals surface area contributed by atoms with Gasteiger partial charge in [0.1, 0.15) is 4.90 Å². The maximum absolute atomic E-state index is 12.6. The molecule has 1 unspecified atom stereocenters. The van der Waals surface area contributed by atoms with Crippen LogP contribution < -0.4 is 5.32 Å². The average molecular weight is 318 g/mol. The fourth-order valence-corrected chi connectivity index (χ4v) is 5.76. The van der Waals surface area contributed by atoms with Crippen molar-refractivity contribution >= 4 is 25.5 Å². The normalized spacial score (nSPS) is 22.1. The molecular weight excluding hydrogens is 300 g/mol. The highest BCUT2D eigenvalue weighted by Gasteiger charge is 2.37. The van der Waals surface area contributed by atoms with E-state index < -0.39 is 25.9 Å². The lowest BCUT2D eigenvalue weighted by molar-refractivity contribution is 0.394. The zero-order chi connectivity index (χ0) is 15.0. The molecule has 1 aromatic rings. The van der Waals surface area contributed by atoms with Crippen LogP contribution >= 0.6 is 0 Å². The molecule has 1 fully saturated rings. The van der Waals surface area contributed by atoms with Gasteiger partial charge in [-0.15, -0.1) is 0 Å². The summed E-state index contributed by atoms with van der Waals surface area (Å²) in [6, 6.07) is 6.08. The summed E-state index contributed by atoms with van der Waals surface area (Å²) in [5.74, 6) is -0.0599. The number of nitrogens with one attached hydrogen (secondary N) is 1. The molecule has 20 heavy (non-hydrogen) atoms. The van der Waals surface area contributed by atoms with E-state index in [0.29, 0.717) is 12.1 Å². The van der Waals surface area contributed by atoms with Crippen LogP contribution in [0.4, 0.5) is 5.69 Å². The molecule has 8 heteroatoms. The van der Waals surface area contributed by atoms with Gasteiger partial charge >= 0.3 is 0 Å². The minimum atomic E-state index is -3.71. The number of benzene rings is 1. The molecule has 1 aromatic carbocycles. The SMILES string of the molecule is CNc1ccccc1S(=O)(=O)N(C)C1CCS(=O)(=O)C1. The monoisotopic (exact) mass is 318 g/mol. The van der Waals surface area contributed by atoms with E-state index >= 15 is 0 Å². The summed E-state index contributed by atoms with van der Waals surface area (Å²) in [7, 11) is -3.74. The first-order valence-corrected chi connectivity index (χ1v) is 9.49. The fourth-order valence-electron chi connectivity index (χ4n) is 2.31. The minimum Gasteiger partial charge on any atom is -0.387 e. The Kier molecular flexibility index (Phi) is 4.08. The van der Waals surface area contributed by atoms with Crippen LogP contribution in [0.3, 0.4) is 0 Å². The van der Waals surface area contributed by atoms with Crippen molar-refractivity contribution < 1.29 is 16.8 Å². The summed E-state index contributed by atoms with van der Waals surface area (Å²) in [4.78, 5) is 0.161. The summed E-state index contributed by atoms with van der Waals surface area (Å²) in [5.41, 5.74) is 0.500. The van der Waals surface area contributed by atoms with Gasteiger partial charge < -0.3 is 5.32 Å². The van der Waals surface area contributed by atoms with Crippen LogP contribution in [0.2, 0.25) is 0 Å². The van der Waals surface area contributed by atoms with Crippen molar-refractivity contribution in [1.82, 2.24) is 4.31 Å². The highest BCUT2D eigenvalue weighted by molar-refractivity contribution is 7.92. The zero-order valence-electron chi connectivity index (χ0n) is 11.4. The third-order valence-corrected chi connectivity index (χ3v) is 7.25. The second-order valence-electron chi connectivity index (χ2n) is 4.82. The van der Waals surface area contributed by atoms with E-state index in [2.05, 4.69) is 5.32 Å². The molecule has 1 heterocycles. The van der Waals surface area contributed by atoms with Gasteiger partial charge in [-0.3, -0.25) is 0 Å². The second-order valence-corrected chi connectivity index (χ2v) is 9.02. The van der Waals surface area contributed by atoms with Crippen LogP contribution in [0.1, 0.15) is 6.42 Å². The first-order chi connectivity index (χ1) is 9.28. The lowest BCUT2D eigenvalue weighted by Gasteiger charge is -2.24. The molecule has 1 saturated heterocycles. The third kappa shape index (κ3) is 2.82. The number of anilines is 1. The average Bonchev–Trinajstić information content (AvgIpc) is 2.78. The number of para-hydroxylation sites is 1. The molecule has 112 valence electrons. The molecule has 0 bridgehead atoms. The molecule has 0 aliphatic carbocycles. The van der Waals surface area contributed by atoms with Gasteiger partial charge in [0.15, 0.2) is 9.84 Å². The Labute approximate surface area is 119 Å². The smallest absolute Gasteiger partial charge is 0.245 e. The largest absolute Gasteiger partial charge is 0.387 e. The standard InChI is InChI=1S/C12H18N2O4S2/c1-13-11-5-3-4-6-12(11)20(17,18)14(2)10-7-8-19(15,16)9-10/h3-6,10,13H,7-9H2,1-2H3. The maximum atomic E-state index is 12.6. The Bertz CT molecular complexity index is 698. The van der Waals surface area contributed by atoms with Crippen molar-refractivity contribution in [3.05, 3.63) is 24.3 Å². The Balaban J connectivity index is 2.35. The zero-order valence-corrected chi connectivity index (χ0v) is 13.0. The molecule has 0 amide bonds. The molecule has 0 radical (unpaired) electrons. The van der Waals surface area contributed by atoms with E-state index in [1.165, 1.54) is 17.4 Å². The molecule has 6 nitrogen and oxygen atoms in total. The van der Waals surface area contributed by atoms with Crippen LogP contribution in [0, 0.1) is 0 Å². The van der Waals surface area contributed by atoms with E-state index in [1.807, 2.05) is 0 Å². The van der Waals surface area contributed by atoms with E-state index in [-0.39, 0.29) is 16.4 Å². The Morgan fingerprint density at radius 3 is 2.50 bits per heavy atom. The van der Waals surface area contributed by atoms with Crippen molar-refractivity contribution in [2.75, 3.05) is 30.9 Å². The van der Waals surface area contributed by atoms with Gasteiger partial charge in [-0.1, -0.05) is 12.1 Å². The summed E-state index contributed by atoms with van der Waals surface area (Å²) < 4.78 is 49.4. The van der Waals surface area contributed by atoms with Gasteiger partial charge in [0, 0.05) is 20.1 Å².